The molecule has 2 atom stereocenters. The Bertz CT molecular complexity index is 851. The fourth-order valence-corrected chi connectivity index (χ4v) is 4.69. The summed E-state index contributed by atoms with van der Waals surface area (Å²) in [6.07, 6.45) is 9.96. The van der Waals surface area contributed by atoms with Crippen LogP contribution in [-0.4, -0.2) is 74.6 Å². The van der Waals surface area contributed by atoms with Crippen LogP contribution in [0.1, 0.15) is 65.8 Å². The molecule has 8 heteroatoms. The van der Waals surface area contributed by atoms with Crippen molar-refractivity contribution in [2.45, 2.75) is 50.2 Å². The Morgan fingerprint density at radius 2 is 2.07 bits per heavy atom. The molecule has 2 aromatic heterocycles. The number of aryl methyl sites for hydroxylation is 1. The van der Waals surface area contributed by atoms with E-state index >= 15 is 0 Å². The first-order valence-electron chi connectivity index (χ1n) is 10.9. The van der Waals surface area contributed by atoms with E-state index in [1.54, 1.807) is 4.68 Å². The third kappa shape index (κ3) is 3.96. The molecular weight excluding hydrogens is 368 g/mol. The molecule has 1 saturated carbocycles. The van der Waals surface area contributed by atoms with Crippen LogP contribution in [0.2, 0.25) is 0 Å². The van der Waals surface area contributed by atoms with Crippen molar-refractivity contribution in [3.05, 3.63) is 35.4 Å². The van der Waals surface area contributed by atoms with Gasteiger partial charge in [-0.05, 0) is 44.8 Å². The third-order valence-corrected chi connectivity index (χ3v) is 6.40. The van der Waals surface area contributed by atoms with Crippen LogP contribution in [0.5, 0.6) is 0 Å². The second-order valence-electron chi connectivity index (χ2n) is 8.64. The number of carbonyl (C=O) groups excluding carboxylic acids is 1. The number of piperidine rings is 1. The molecule has 0 radical (unpaired) electrons. The molecule has 4 heterocycles. The monoisotopic (exact) mass is 398 g/mol. The highest BCUT2D eigenvalue weighted by molar-refractivity contribution is 5.92. The van der Waals surface area contributed by atoms with Gasteiger partial charge in [0, 0.05) is 43.5 Å². The number of hydrogen-bond donors (Lipinski definition) is 1. The molecule has 0 aromatic carbocycles. The Hall–Kier alpha value is -2.19. The number of amides is 1. The highest BCUT2D eigenvalue weighted by atomic mass is 16.5. The molecule has 1 aliphatic carbocycles. The third-order valence-electron chi connectivity index (χ3n) is 6.40. The van der Waals surface area contributed by atoms with Crippen LogP contribution < -0.4 is 0 Å². The van der Waals surface area contributed by atoms with Gasteiger partial charge in [0.2, 0.25) is 0 Å². The summed E-state index contributed by atoms with van der Waals surface area (Å²) in [6.45, 7) is 4.19. The molecule has 0 unspecified atom stereocenters. The molecule has 3 fully saturated rings. The summed E-state index contributed by atoms with van der Waals surface area (Å²) in [5.74, 6) is 0.531. The van der Waals surface area contributed by atoms with Gasteiger partial charge in [0.1, 0.15) is 5.69 Å². The number of likely N-dealkylation sites (tertiary alicyclic amines) is 1. The number of nitrogens with zero attached hydrogens (tertiary/aromatic N) is 5. The number of hydrogen-bond acceptors (Lipinski definition) is 5. The first kappa shape index (κ1) is 18.8. The van der Waals surface area contributed by atoms with E-state index in [-0.39, 0.29) is 18.1 Å². The zero-order valence-corrected chi connectivity index (χ0v) is 17.1. The Kier molecular flexibility index (Phi) is 5.13. The van der Waals surface area contributed by atoms with Gasteiger partial charge >= 0.3 is 0 Å². The second kappa shape index (κ2) is 7.91. The van der Waals surface area contributed by atoms with Crippen LogP contribution in [0.3, 0.4) is 0 Å². The molecule has 29 heavy (non-hydrogen) atoms. The largest absolute Gasteiger partial charge is 0.373 e. The van der Waals surface area contributed by atoms with Crippen LogP contribution in [0.15, 0.2) is 18.5 Å². The van der Waals surface area contributed by atoms with E-state index in [0.717, 1.165) is 30.9 Å². The average molecular weight is 399 g/mol. The van der Waals surface area contributed by atoms with Gasteiger partial charge in [-0.15, -0.1) is 0 Å². The summed E-state index contributed by atoms with van der Waals surface area (Å²) in [6, 6.07) is 1.79. The van der Waals surface area contributed by atoms with Gasteiger partial charge in [0.15, 0.2) is 0 Å². The van der Waals surface area contributed by atoms with Crippen LogP contribution in [0, 0.1) is 0 Å². The maximum Gasteiger partial charge on any atom is 0.275 e. The molecule has 1 N–H and O–H groups in total. The molecule has 5 rings (SSSR count). The van der Waals surface area contributed by atoms with Crippen molar-refractivity contribution in [2.24, 2.45) is 7.05 Å². The Labute approximate surface area is 171 Å². The maximum absolute atomic E-state index is 13.4. The molecule has 0 bridgehead atoms. The van der Waals surface area contributed by atoms with E-state index in [2.05, 4.69) is 20.2 Å². The van der Waals surface area contributed by atoms with Crippen molar-refractivity contribution in [3.8, 4) is 0 Å². The smallest absolute Gasteiger partial charge is 0.275 e. The van der Waals surface area contributed by atoms with Crippen molar-refractivity contribution >= 4 is 5.91 Å². The van der Waals surface area contributed by atoms with Crippen molar-refractivity contribution in [2.75, 3.05) is 32.8 Å². The predicted molar refractivity (Wildman–Crippen MR) is 108 cm³/mol. The molecule has 1 amide bonds. The Morgan fingerprint density at radius 1 is 1.24 bits per heavy atom. The van der Waals surface area contributed by atoms with E-state index in [1.165, 1.54) is 32.1 Å². The summed E-state index contributed by atoms with van der Waals surface area (Å²) in [5, 5.41) is 11.8. The summed E-state index contributed by atoms with van der Waals surface area (Å²) in [5.41, 5.74) is 2.63. The number of aromatic nitrogens is 4. The number of carbonyl (C=O) groups is 1. The first-order chi connectivity index (χ1) is 14.2. The minimum atomic E-state index is -0.145. The van der Waals surface area contributed by atoms with Gasteiger partial charge in [-0.25, -0.2) is 0 Å². The second-order valence-corrected chi connectivity index (χ2v) is 8.64. The molecule has 3 aliphatic rings. The van der Waals surface area contributed by atoms with Gasteiger partial charge in [0.25, 0.3) is 5.91 Å². The lowest BCUT2D eigenvalue weighted by Crippen LogP contribution is -2.52. The summed E-state index contributed by atoms with van der Waals surface area (Å²) >= 11 is 0. The average Bonchev–Trinajstić information content (AvgIpc) is 3.31. The van der Waals surface area contributed by atoms with E-state index in [9.17, 15) is 4.79 Å². The lowest BCUT2D eigenvalue weighted by Gasteiger charge is -2.42. The van der Waals surface area contributed by atoms with E-state index in [1.807, 2.05) is 30.4 Å². The SMILES string of the molecule is Cn1cc([C@H]2[C@H](CN3CCCCC3)OCCN2C(=O)c2cc(C3CC3)[nH]n2)cn1. The van der Waals surface area contributed by atoms with Gasteiger partial charge in [-0.3, -0.25) is 14.6 Å². The van der Waals surface area contributed by atoms with Crippen molar-refractivity contribution in [3.63, 3.8) is 0 Å². The van der Waals surface area contributed by atoms with Gasteiger partial charge in [-0.1, -0.05) is 6.42 Å². The van der Waals surface area contributed by atoms with Crippen molar-refractivity contribution in [1.82, 2.24) is 29.8 Å². The maximum atomic E-state index is 13.4. The molecule has 156 valence electrons. The van der Waals surface area contributed by atoms with Crippen LogP contribution in [-0.2, 0) is 11.8 Å². The number of ether oxygens (including phenoxy) is 1. The molecule has 2 aliphatic heterocycles. The molecule has 8 nitrogen and oxygen atoms in total. The lowest BCUT2D eigenvalue weighted by atomic mass is 9.99. The summed E-state index contributed by atoms with van der Waals surface area (Å²) < 4.78 is 8.02. The summed E-state index contributed by atoms with van der Waals surface area (Å²) in [4.78, 5) is 17.9. The zero-order valence-electron chi connectivity index (χ0n) is 17.1. The quantitative estimate of drug-likeness (QED) is 0.834. The minimum Gasteiger partial charge on any atom is -0.373 e. The number of nitrogens with one attached hydrogen (secondary N) is 1. The lowest BCUT2D eigenvalue weighted by molar-refractivity contribution is -0.0743. The van der Waals surface area contributed by atoms with Gasteiger partial charge in [0.05, 0.1) is 24.9 Å². The standard InChI is InChI=1S/C21H30N6O2/c1-25-13-16(12-22-25)20-19(14-26-7-3-2-4-8-26)29-10-9-27(20)21(28)18-11-17(23-24-18)15-5-6-15/h11-13,15,19-20H,2-10,14H2,1H3,(H,23,24)/t19-,20-/m0/s1. The van der Waals surface area contributed by atoms with E-state index in [0.29, 0.717) is 24.8 Å². The number of H-pyrrole nitrogens is 1. The molecule has 0 spiro atoms. The number of morpholine rings is 1. The molecular formula is C21H30N6O2. The van der Waals surface area contributed by atoms with Crippen LogP contribution in [0.4, 0.5) is 0 Å². The van der Waals surface area contributed by atoms with E-state index < -0.39 is 0 Å². The van der Waals surface area contributed by atoms with Crippen LogP contribution >= 0.6 is 0 Å². The highest BCUT2D eigenvalue weighted by Gasteiger charge is 2.39. The fourth-order valence-electron chi connectivity index (χ4n) is 4.69. The minimum absolute atomic E-state index is 0.0195. The zero-order chi connectivity index (χ0) is 19.8. The molecule has 2 aromatic rings. The Balaban J connectivity index is 1.40. The van der Waals surface area contributed by atoms with Crippen molar-refractivity contribution < 1.29 is 9.53 Å². The normalized spacial score (nSPS) is 26.0. The molecule has 2 saturated heterocycles. The van der Waals surface area contributed by atoms with Crippen LogP contribution in [0.25, 0.3) is 0 Å². The topological polar surface area (TPSA) is 79.3 Å². The van der Waals surface area contributed by atoms with Gasteiger partial charge in [-0.2, -0.15) is 10.2 Å². The number of rotatable bonds is 5. The first-order valence-corrected chi connectivity index (χ1v) is 10.9. The predicted octanol–water partition coefficient (Wildman–Crippen LogP) is 2.09. The fraction of sp³-hybridized carbons (Fsp3) is 0.667. The summed E-state index contributed by atoms with van der Waals surface area (Å²) in [7, 11) is 1.91. The number of aromatic amines is 1. The van der Waals surface area contributed by atoms with Gasteiger partial charge < -0.3 is 14.5 Å². The van der Waals surface area contributed by atoms with Crippen molar-refractivity contribution in [1.29, 1.82) is 0 Å². The van der Waals surface area contributed by atoms with E-state index in [4.69, 9.17) is 4.74 Å². The highest BCUT2D eigenvalue weighted by Crippen LogP contribution is 2.39. The Morgan fingerprint density at radius 3 is 2.79 bits per heavy atom.